The van der Waals surface area contributed by atoms with E-state index in [1.54, 1.807) is 28.5 Å². The van der Waals surface area contributed by atoms with Crippen molar-refractivity contribution in [2.24, 2.45) is 5.73 Å². The fraction of sp³-hybridized carbons (Fsp3) is 0.333. The van der Waals surface area contributed by atoms with Gasteiger partial charge in [-0.25, -0.2) is 9.37 Å². The van der Waals surface area contributed by atoms with Crippen LogP contribution in [0.15, 0.2) is 53.3 Å². The first-order chi connectivity index (χ1) is 17.3. The van der Waals surface area contributed by atoms with E-state index >= 15 is 0 Å². The van der Waals surface area contributed by atoms with Gasteiger partial charge in [-0.15, -0.1) is 0 Å². The number of carbonyl (C=O) groups excluding carboxylic acids is 1. The number of nitrogens with two attached hydrogens (primary N) is 1. The van der Waals surface area contributed by atoms with Gasteiger partial charge in [-0.3, -0.25) is 14.2 Å². The minimum absolute atomic E-state index is 0.129. The summed E-state index contributed by atoms with van der Waals surface area (Å²) in [5, 5.41) is 0.452. The number of carbonyl (C=O) groups is 1. The van der Waals surface area contributed by atoms with E-state index in [9.17, 15) is 14.0 Å². The largest absolute Gasteiger partial charge is 0.330 e. The summed E-state index contributed by atoms with van der Waals surface area (Å²) in [6, 6.07) is 13.1. The van der Waals surface area contributed by atoms with Crippen molar-refractivity contribution < 1.29 is 9.18 Å². The molecular formula is C27H30FN5O2S. The Morgan fingerprint density at radius 2 is 1.94 bits per heavy atom. The van der Waals surface area contributed by atoms with E-state index in [0.717, 1.165) is 5.56 Å². The van der Waals surface area contributed by atoms with Crippen LogP contribution in [0.1, 0.15) is 58.8 Å². The Bertz CT molecular complexity index is 1430. The van der Waals surface area contributed by atoms with Crippen LogP contribution in [0.4, 0.5) is 4.39 Å². The maximum absolute atomic E-state index is 14.0. The molecule has 4 aromatic rings. The molecule has 2 aromatic heterocycles. The van der Waals surface area contributed by atoms with Crippen molar-refractivity contribution in [1.82, 2.24) is 18.8 Å². The van der Waals surface area contributed by atoms with Gasteiger partial charge in [0.05, 0.1) is 23.7 Å². The molecule has 0 aliphatic heterocycles. The minimum Gasteiger partial charge on any atom is -0.330 e. The lowest BCUT2D eigenvalue weighted by Gasteiger charge is -2.32. The summed E-state index contributed by atoms with van der Waals surface area (Å²) in [6.45, 7) is 6.67. The summed E-state index contributed by atoms with van der Waals surface area (Å²) in [4.78, 5) is 34.6. The molecule has 1 amide bonds. The topological polar surface area (TPSA) is 94.1 Å². The Hall–Kier alpha value is -3.43. The molecule has 188 valence electrons. The number of aromatic nitrogens is 3. The molecular weight excluding hydrogens is 477 g/mol. The second-order valence-corrected chi connectivity index (χ2v) is 9.62. The molecule has 0 spiro atoms. The number of fused-ring (bicyclic) bond motifs is 1. The van der Waals surface area contributed by atoms with Crippen LogP contribution in [0.5, 0.6) is 0 Å². The lowest BCUT2D eigenvalue weighted by atomic mass is 10.1. The van der Waals surface area contributed by atoms with Crippen molar-refractivity contribution >= 4 is 27.7 Å². The number of benzene rings is 2. The number of nitrogens with zero attached hydrogens (tertiary/aromatic N) is 4. The molecule has 0 radical (unpaired) electrons. The van der Waals surface area contributed by atoms with Crippen molar-refractivity contribution in [2.45, 2.75) is 46.2 Å². The van der Waals surface area contributed by atoms with Crippen molar-refractivity contribution in [3.63, 3.8) is 0 Å². The minimum atomic E-state index is -0.488. The van der Waals surface area contributed by atoms with Gasteiger partial charge in [0.2, 0.25) is 0 Å². The average Bonchev–Trinajstić information content (AvgIpc) is 3.24. The fourth-order valence-electron chi connectivity index (χ4n) is 4.37. The number of hydrogen-bond donors (Lipinski definition) is 1. The van der Waals surface area contributed by atoms with Gasteiger partial charge in [0.1, 0.15) is 11.6 Å². The van der Waals surface area contributed by atoms with E-state index in [1.807, 2.05) is 38.1 Å². The molecule has 0 aliphatic carbocycles. The molecule has 0 aliphatic rings. The molecule has 1 unspecified atom stereocenters. The summed E-state index contributed by atoms with van der Waals surface area (Å²) < 4.78 is 19.9. The summed E-state index contributed by atoms with van der Waals surface area (Å²) in [5.41, 5.74) is 8.43. The van der Waals surface area contributed by atoms with Gasteiger partial charge in [0.25, 0.3) is 11.5 Å². The predicted octanol–water partition coefficient (Wildman–Crippen LogP) is 4.60. The van der Waals surface area contributed by atoms with Gasteiger partial charge in [-0.05, 0) is 74.6 Å². The zero-order chi connectivity index (χ0) is 25.8. The highest BCUT2D eigenvalue weighted by Gasteiger charge is 2.30. The lowest BCUT2D eigenvalue weighted by Crippen LogP contribution is -2.40. The van der Waals surface area contributed by atoms with Crippen molar-refractivity contribution in [1.29, 1.82) is 0 Å². The molecule has 0 fully saturated rings. The highest BCUT2D eigenvalue weighted by Crippen LogP contribution is 2.28. The maximum atomic E-state index is 14.0. The average molecular weight is 508 g/mol. The highest BCUT2D eigenvalue weighted by molar-refractivity contribution is 7.12. The predicted molar refractivity (Wildman–Crippen MR) is 141 cm³/mol. The summed E-state index contributed by atoms with van der Waals surface area (Å²) >= 11 is 1.17. The van der Waals surface area contributed by atoms with Crippen molar-refractivity contribution in [3.8, 4) is 0 Å². The van der Waals surface area contributed by atoms with E-state index in [0.29, 0.717) is 58.8 Å². The molecule has 4 rings (SSSR count). The van der Waals surface area contributed by atoms with Crippen molar-refractivity contribution in [2.75, 3.05) is 13.1 Å². The van der Waals surface area contributed by atoms with E-state index < -0.39 is 6.04 Å². The summed E-state index contributed by atoms with van der Waals surface area (Å²) in [7, 11) is 0. The number of hydrogen-bond acceptors (Lipinski definition) is 6. The number of amides is 1. The van der Waals surface area contributed by atoms with Crippen LogP contribution in [-0.4, -0.2) is 37.8 Å². The number of halogens is 1. The van der Waals surface area contributed by atoms with Gasteiger partial charge in [0.15, 0.2) is 4.83 Å². The molecule has 2 aromatic carbocycles. The van der Waals surface area contributed by atoms with Crippen LogP contribution in [0.2, 0.25) is 0 Å². The van der Waals surface area contributed by atoms with Gasteiger partial charge >= 0.3 is 0 Å². The normalized spacial score (nSPS) is 12.1. The summed E-state index contributed by atoms with van der Waals surface area (Å²) in [5.74, 6) is -0.0708. The third-order valence-electron chi connectivity index (χ3n) is 6.25. The van der Waals surface area contributed by atoms with Crippen LogP contribution in [0.3, 0.4) is 0 Å². The highest BCUT2D eigenvalue weighted by atomic mass is 32.1. The quantitative estimate of drug-likeness (QED) is 0.357. The van der Waals surface area contributed by atoms with Gasteiger partial charge in [-0.2, -0.15) is 4.37 Å². The molecule has 0 saturated carbocycles. The van der Waals surface area contributed by atoms with Crippen LogP contribution < -0.4 is 11.3 Å². The Labute approximate surface area is 213 Å². The molecule has 0 saturated heterocycles. The van der Waals surface area contributed by atoms with Gasteiger partial charge in [-0.1, -0.05) is 36.8 Å². The van der Waals surface area contributed by atoms with E-state index in [-0.39, 0.29) is 23.8 Å². The first-order valence-corrected chi connectivity index (χ1v) is 12.8. The van der Waals surface area contributed by atoms with Crippen LogP contribution >= 0.6 is 11.5 Å². The Balaban J connectivity index is 1.87. The lowest BCUT2D eigenvalue weighted by molar-refractivity contribution is 0.0656. The molecule has 9 heteroatoms. The van der Waals surface area contributed by atoms with Gasteiger partial charge < -0.3 is 10.6 Å². The van der Waals surface area contributed by atoms with Gasteiger partial charge in [0, 0.05) is 12.1 Å². The van der Waals surface area contributed by atoms with E-state index in [2.05, 4.69) is 4.37 Å². The second kappa shape index (κ2) is 11.1. The summed E-state index contributed by atoms with van der Waals surface area (Å²) in [6.07, 6.45) is 1.13. The maximum Gasteiger partial charge on any atom is 0.264 e. The number of rotatable bonds is 9. The molecule has 1 atom stereocenters. The Morgan fingerprint density at radius 1 is 1.19 bits per heavy atom. The fourth-order valence-corrected chi connectivity index (χ4v) is 5.15. The Morgan fingerprint density at radius 3 is 2.61 bits per heavy atom. The van der Waals surface area contributed by atoms with Crippen molar-refractivity contribution in [3.05, 3.63) is 92.9 Å². The van der Waals surface area contributed by atoms with Crippen LogP contribution in [0.25, 0.3) is 10.2 Å². The first-order valence-electron chi connectivity index (χ1n) is 12.0. The van der Waals surface area contributed by atoms with Crippen LogP contribution in [-0.2, 0) is 6.54 Å². The molecule has 2 N–H and O–H groups in total. The van der Waals surface area contributed by atoms with E-state index in [1.165, 1.54) is 23.7 Å². The Kier molecular flexibility index (Phi) is 7.91. The third-order valence-corrected chi connectivity index (χ3v) is 7.08. The standard InChI is InChI=1S/C27H30FN5O2S/c1-4-22(32(14-6-13-29)26(34)20-11-9-17(2)10-12-20)24-30-25-23(18(3)31-36-25)27(35)33(24)16-19-7-5-8-21(28)15-19/h5,7-12,15,22H,4,6,13-14,16,29H2,1-3H3. The van der Waals surface area contributed by atoms with Crippen LogP contribution in [0, 0.1) is 19.7 Å². The zero-order valence-electron chi connectivity index (χ0n) is 20.7. The SMILES string of the molecule is CCC(c1nc2snc(C)c2c(=O)n1Cc1cccc(F)c1)N(CCCN)C(=O)c1ccc(C)cc1. The molecule has 36 heavy (non-hydrogen) atoms. The smallest absolute Gasteiger partial charge is 0.264 e. The first kappa shape index (κ1) is 25.7. The zero-order valence-corrected chi connectivity index (χ0v) is 21.5. The second-order valence-electron chi connectivity index (χ2n) is 8.87. The number of aryl methyl sites for hydroxylation is 2. The monoisotopic (exact) mass is 507 g/mol. The molecule has 0 bridgehead atoms. The molecule has 2 heterocycles. The molecule has 7 nitrogen and oxygen atoms in total. The third kappa shape index (κ3) is 5.22. The van der Waals surface area contributed by atoms with E-state index in [4.69, 9.17) is 10.7 Å².